The lowest BCUT2D eigenvalue weighted by atomic mass is 10.2. The van der Waals surface area contributed by atoms with Crippen molar-refractivity contribution < 1.29 is 4.79 Å². The maximum absolute atomic E-state index is 11.9. The first-order valence-corrected chi connectivity index (χ1v) is 8.08. The van der Waals surface area contributed by atoms with Gasteiger partial charge in [-0.25, -0.2) is 4.79 Å². The summed E-state index contributed by atoms with van der Waals surface area (Å²) in [5.41, 5.74) is 2.66. The number of carbonyl (C=O) groups is 1. The van der Waals surface area contributed by atoms with Crippen LogP contribution in [0.2, 0.25) is 5.02 Å². The van der Waals surface area contributed by atoms with Crippen molar-refractivity contribution in [2.24, 2.45) is 0 Å². The average Bonchev–Trinajstić information content (AvgIpc) is 3.08. The van der Waals surface area contributed by atoms with Crippen molar-refractivity contribution in [3.05, 3.63) is 53.3 Å². The number of aromatic nitrogens is 1. The molecule has 1 aliphatic heterocycles. The number of rotatable bonds is 4. The van der Waals surface area contributed by atoms with E-state index in [1.54, 1.807) is 18.5 Å². The van der Waals surface area contributed by atoms with Gasteiger partial charge in [0.25, 0.3) is 0 Å². The van der Waals surface area contributed by atoms with Crippen molar-refractivity contribution >= 4 is 29.0 Å². The highest BCUT2D eigenvalue weighted by atomic mass is 35.5. The molecule has 1 aromatic carbocycles. The number of nitrogens with one attached hydrogen (secondary N) is 2. The van der Waals surface area contributed by atoms with Crippen molar-refractivity contribution in [1.82, 2.24) is 10.3 Å². The molecule has 2 aromatic rings. The molecule has 5 nitrogen and oxygen atoms in total. The number of nitrogens with zero attached hydrogens (tertiary/aromatic N) is 2. The Balaban J connectivity index is 1.57. The molecule has 2 heterocycles. The van der Waals surface area contributed by atoms with Crippen LogP contribution in [0.1, 0.15) is 18.4 Å². The quantitative estimate of drug-likeness (QED) is 0.899. The molecule has 1 fully saturated rings. The molecule has 120 valence electrons. The van der Waals surface area contributed by atoms with Crippen molar-refractivity contribution in [2.45, 2.75) is 19.4 Å². The lowest BCUT2D eigenvalue weighted by Crippen LogP contribution is -2.28. The minimum Gasteiger partial charge on any atom is -0.370 e. The molecule has 0 saturated carbocycles. The van der Waals surface area contributed by atoms with E-state index in [1.807, 2.05) is 24.3 Å². The van der Waals surface area contributed by atoms with Crippen LogP contribution in [-0.4, -0.2) is 24.1 Å². The summed E-state index contributed by atoms with van der Waals surface area (Å²) in [7, 11) is 0. The molecule has 0 aliphatic carbocycles. The second-order valence-electron chi connectivity index (χ2n) is 5.53. The molecule has 0 radical (unpaired) electrons. The Labute approximate surface area is 140 Å². The van der Waals surface area contributed by atoms with E-state index in [1.165, 1.54) is 12.8 Å². The van der Waals surface area contributed by atoms with Gasteiger partial charge in [0.2, 0.25) is 0 Å². The van der Waals surface area contributed by atoms with E-state index < -0.39 is 0 Å². The van der Waals surface area contributed by atoms with E-state index in [0.29, 0.717) is 17.3 Å². The molecule has 2 amide bonds. The number of halogens is 1. The third-order valence-electron chi connectivity index (χ3n) is 3.83. The van der Waals surface area contributed by atoms with Crippen molar-refractivity contribution in [3.63, 3.8) is 0 Å². The van der Waals surface area contributed by atoms with Crippen molar-refractivity contribution in [1.29, 1.82) is 0 Å². The third-order valence-corrected chi connectivity index (χ3v) is 4.13. The van der Waals surface area contributed by atoms with E-state index >= 15 is 0 Å². The Hall–Kier alpha value is -2.27. The van der Waals surface area contributed by atoms with Gasteiger partial charge in [-0.2, -0.15) is 0 Å². The summed E-state index contributed by atoms with van der Waals surface area (Å²) in [4.78, 5) is 18.2. The van der Waals surface area contributed by atoms with Gasteiger partial charge < -0.3 is 15.5 Å². The molecule has 0 unspecified atom stereocenters. The maximum atomic E-state index is 11.9. The first-order chi connectivity index (χ1) is 11.2. The zero-order valence-corrected chi connectivity index (χ0v) is 13.5. The summed E-state index contributed by atoms with van der Waals surface area (Å²) in [6.45, 7) is 2.51. The molecule has 0 bridgehead atoms. The number of hydrogen-bond acceptors (Lipinski definition) is 3. The molecule has 0 spiro atoms. The van der Waals surface area contributed by atoms with Gasteiger partial charge in [-0.1, -0.05) is 17.7 Å². The number of hydrogen-bond donors (Lipinski definition) is 2. The Kier molecular flexibility index (Phi) is 4.98. The second kappa shape index (κ2) is 7.33. The molecular weight excluding hydrogens is 312 g/mol. The standard InChI is InChI=1S/C17H19ClN4O/c18-15-10-14(5-6-16(15)22-8-1-2-9-22)21-17(23)20-12-13-4-3-7-19-11-13/h3-7,10-11H,1-2,8-9,12H2,(H2,20,21,23). The Bertz CT molecular complexity index is 672. The van der Waals surface area contributed by atoms with Gasteiger partial charge in [0.1, 0.15) is 0 Å². The molecular formula is C17H19ClN4O. The average molecular weight is 331 g/mol. The Morgan fingerprint density at radius 3 is 2.78 bits per heavy atom. The molecule has 1 aliphatic rings. The van der Waals surface area contributed by atoms with Gasteiger partial charge in [0, 0.05) is 37.7 Å². The third kappa shape index (κ3) is 4.13. The highest BCUT2D eigenvalue weighted by molar-refractivity contribution is 6.33. The molecule has 2 N–H and O–H groups in total. The number of pyridine rings is 1. The van der Waals surface area contributed by atoms with Crippen LogP contribution in [0.5, 0.6) is 0 Å². The van der Waals surface area contributed by atoms with Crippen LogP contribution >= 0.6 is 11.6 Å². The monoisotopic (exact) mass is 330 g/mol. The second-order valence-corrected chi connectivity index (χ2v) is 5.94. The number of benzene rings is 1. The summed E-state index contributed by atoms with van der Waals surface area (Å²) in [6.07, 6.45) is 5.83. The van der Waals surface area contributed by atoms with E-state index in [-0.39, 0.29) is 6.03 Å². The predicted molar refractivity (Wildman–Crippen MR) is 93.0 cm³/mol. The number of amides is 2. The molecule has 1 aromatic heterocycles. The fourth-order valence-corrected chi connectivity index (χ4v) is 2.96. The van der Waals surface area contributed by atoms with E-state index in [0.717, 1.165) is 24.3 Å². The molecule has 6 heteroatoms. The first kappa shape index (κ1) is 15.6. The SMILES string of the molecule is O=C(NCc1cccnc1)Nc1ccc(N2CCCC2)c(Cl)c1. The first-order valence-electron chi connectivity index (χ1n) is 7.70. The summed E-state index contributed by atoms with van der Waals surface area (Å²) in [5.74, 6) is 0. The van der Waals surface area contributed by atoms with Gasteiger partial charge in [-0.05, 0) is 42.7 Å². The smallest absolute Gasteiger partial charge is 0.319 e. The molecule has 1 saturated heterocycles. The molecule has 3 rings (SSSR count). The van der Waals surface area contributed by atoms with Crippen LogP contribution < -0.4 is 15.5 Å². The number of anilines is 2. The fourth-order valence-electron chi connectivity index (χ4n) is 2.66. The maximum Gasteiger partial charge on any atom is 0.319 e. The van der Waals surface area contributed by atoms with E-state index in [2.05, 4.69) is 20.5 Å². The van der Waals surface area contributed by atoms with Gasteiger partial charge >= 0.3 is 6.03 Å². The molecule has 0 atom stereocenters. The largest absolute Gasteiger partial charge is 0.370 e. The lowest BCUT2D eigenvalue weighted by molar-refractivity contribution is 0.251. The van der Waals surface area contributed by atoms with Gasteiger partial charge in [0.15, 0.2) is 0 Å². The van der Waals surface area contributed by atoms with Crippen LogP contribution in [0.15, 0.2) is 42.7 Å². The number of urea groups is 1. The zero-order chi connectivity index (χ0) is 16.1. The highest BCUT2D eigenvalue weighted by Gasteiger charge is 2.15. The van der Waals surface area contributed by atoms with Gasteiger partial charge in [0.05, 0.1) is 10.7 Å². The van der Waals surface area contributed by atoms with Crippen LogP contribution in [-0.2, 0) is 6.54 Å². The highest BCUT2D eigenvalue weighted by Crippen LogP contribution is 2.31. The fraction of sp³-hybridized carbons (Fsp3) is 0.294. The number of carbonyl (C=O) groups excluding carboxylic acids is 1. The normalized spacial score (nSPS) is 13.9. The van der Waals surface area contributed by atoms with E-state index in [4.69, 9.17) is 11.6 Å². The van der Waals surface area contributed by atoms with Crippen molar-refractivity contribution in [3.8, 4) is 0 Å². The van der Waals surface area contributed by atoms with Crippen molar-refractivity contribution in [2.75, 3.05) is 23.3 Å². The Morgan fingerprint density at radius 2 is 2.09 bits per heavy atom. The summed E-state index contributed by atoms with van der Waals surface area (Å²) in [5, 5.41) is 6.25. The summed E-state index contributed by atoms with van der Waals surface area (Å²) in [6, 6.07) is 9.12. The van der Waals surface area contributed by atoms with Crippen LogP contribution in [0, 0.1) is 0 Å². The minimum atomic E-state index is -0.265. The van der Waals surface area contributed by atoms with Crippen LogP contribution in [0.3, 0.4) is 0 Å². The lowest BCUT2D eigenvalue weighted by Gasteiger charge is -2.19. The topological polar surface area (TPSA) is 57.3 Å². The summed E-state index contributed by atoms with van der Waals surface area (Å²) < 4.78 is 0. The van der Waals surface area contributed by atoms with Crippen LogP contribution in [0.4, 0.5) is 16.2 Å². The zero-order valence-electron chi connectivity index (χ0n) is 12.8. The minimum absolute atomic E-state index is 0.265. The Morgan fingerprint density at radius 1 is 1.26 bits per heavy atom. The van der Waals surface area contributed by atoms with Gasteiger partial charge in [-0.15, -0.1) is 0 Å². The predicted octanol–water partition coefficient (Wildman–Crippen LogP) is 3.66. The van der Waals surface area contributed by atoms with Crippen LogP contribution in [0.25, 0.3) is 0 Å². The molecule has 23 heavy (non-hydrogen) atoms. The van der Waals surface area contributed by atoms with E-state index in [9.17, 15) is 4.79 Å². The summed E-state index contributed by atoms with van der Waals surface area (Å²) >= 11 is 6.34. The van der Waals surface area contributed by atoms with Gasteiger partial charge in [-0.3, -0.25) is 4.98 Å².